The summed E-state index contributed by atoms with van der Waals surface area (Å²) < 4.78 is 5.24. The van der Waals surface area contributed by atoms with Gasteiger partial charge in [0.05, 0.1) is 12.0 Å². The molecule has 1 atom stereocenters. The number of amides is 3. The lowest BCUT2D eigenvalue weighted by Gasteiger charge is -2.15. The van der Waals surface area contributed by atoms with Crippen molar-refractivity contribution in [3.05, 3.63) is 60.1 Å². The maximum absolute atomic E-state index is 12.1. The molecule has 1 heterocycles. The Morgan fingerprint density at radius 1 is 1.20 bits per heavy atom. The highest BCUT2D eigenvalue weighted by Crippen LogP contribution is 2.31. The number of rotatable bonds is 5. The molecule has 20 heavy (non-hydrogen) atoms. The second-order valence-electron chi connectivity index (χ2n) is 4.03. The molecule has 1 aromatic heterocycles. The molecule has 6 heteroatoms. The fourth-order valence-electron chi connectivity index (χ4n) is 1.70. The zero-order valence-corrected chi connectivity index (χ0v) is 11.4. The van der Waals surface area contributed by atoms with Crippen molar-refractivity contribution in [1.29, 1.82) is 0 Å². The molecular formula is C14H14N2O3S. The van der Waals surface area contributed by atoms with Crippen LogP contribution in [-0.4, -0.2) is 11.9 Å². The van der Waals surface area contributed by atoms with Crippen molar-refractivity contribution in [2.24, 2.45) is 5.73 Å². The molecule has 104 valence electrons. The molecule has 0 fully saturated rings. The van der Waals surface area contributed by atoms with E-state index in [0.29, 0.717) is 5.75 Å². The first-order chi connectivity index (χ1) is 9.66. The van der Waals surface area contributed by atoms with Crippen LogP contribution in [0.25, 0.3) is 0 Å². The predicted molar refractivity (Wildman–Crippen MR) is 76.9 cm³/mol. The summed E-state index contributed by atoms with van der Waals surface area (Å²) in [6.07, 6.45) is 1.58. The minimum Gasteiger partial charge on any atom is -0.468 e. The van der Waals surface area contributed by atoms with Crippen molar-refractivity contribution in [3.8, 4) is 0 Å². The first-order valence-electron chi connectivity index (χ1n) is 5.96. The van der Waals surface area contributed by atoms with Crippen LogP contribution in [0, 0.1) is 0 Å². The first-order valence-corrected chi connectivity index (χ1v) is 7.01. The van der Waals surface area contributed by atoms with Gasteiger partial charge in [-0.1, -0.05) is 30.3 Å². The van der Waals surface area contributed by atoms with E-state index >= 15 is 0 Å². The SMILES string of the molecule is NC(=O)NC(=O)[C@H](SCc1ccco1)c1ccccc1. The van der Waals surface area contributed by atoms with E-state index < -0.39 is 17.2 Å². The van der Waals surface area contributed by atoms with Crippen LogP contribution in [-0.2, 0) is 10.5 Å². The van der Waals surface area contributed by atoms with E-state index in [2.05, 4.69) is 5.32 Å². The van der Waals surface area contributed by atoms with Gasteiger partial charge in [-0.3, -0.25) is 10.1 Å². The minimum atomic E-state index is -0.852. The maximum atomic E-state index is 12.1. The lowest BCUT2D eigenvalue weighted by Crippen LogP contribution is -2.37. The van der Waals surface area contributed by atoms with Crippen LogP contribution in [0.3, 0.4) is 0 Å². The number of nitrogens with one attached hydrogen (secondary N) is 1. The second-order valence-corrected chi connectivity index (χ2v) is 5.13. The number of carbonyl (C=O) groups is 2. The number of hydrogen-bond donors (Lipinski definition) is 2. The highest BCUT2D eigenvalue weighted by atomic mass is 32.2. The van der Waals surface area contributed by atoms with Gasteiger partial charge in [0.15, 0.2) is 0 Å². The van der Waals surface area contributed by atoms with Gasteiger partial charge in [-0.2, -0.15) is 0 Å². The number of nitrogens with two attached hydrogens (primary N) is 1. The molecule has 1 aromatic carbocycles. The number of thioether (sulfide) groups is 1. The maximum Gasteiger partial charge on any atom is 0.318 e. The van der Waals surface area contributed by atoms with Gasteiger partial charge < -0.3 is 10.2 Å². The Labute approximate surface area is 120 Å². The molecule has 0 aliphatic heterocycles. The third kappa shape index (κ3) is 3.89. The number of imide groups is 1. The number of hydrogen-bond acceptors (Lipinski definition) is 4. The summed E-state index contributed by atoms with van der Waals surface area (Å²) >= 11 is 1.37. The third-order valence-corrected chi connectivity index (χ3v) is 3.83. The van der Waals surface area contributed by atoms with Gasteiger partial charge >= 0.3 is 6.03 Å². The Bertz CT molecular complexity index is 569. The standard InChI is InChI=1S/C14H14N2O3S/c15-14(18)16-13(17)12(10-5-2-1-3-6-10)20-9-11-7-4-8-19-11/h1-8,12H,9H2,(H3,15,16,17,18)/t12-/m1/s1. The summed E-state index contributed by atoms with van der Waals surface area (Å²) in [4.78, 5) is 22.9. The van der Waals surface area contributed by atoms with E-state index in [1.54, 1.807) is 12.3 Å². The molecule has 5 nitrogen and oxygen atoms in total. The second kappa shape index (κ2) is 6.81. The molecule has 2 aromatic rings. The predicted octanol–water partition coefficient (Wildman–Crippen LogP) is 2.45. The molecule has 0 saturated heterocycles. The van der Waals surface area contributed by atoms with Gasteiger partial charge in [0.25, 0.3) is 0 Å². The van der Waals surface area contributed by atoms with Gasteiger partial charge in [-0.15, -0.1) is 11.8 Å². The summed E-state index contributed by atoms with van der Waals surface area (Å²) in [6.45, 7) is 0. The Morgan fingerprint density at radius 3 is 2.55 bits per heavy atom. The topological polar surface area (TPSA) is 85.3 Å². The van der Waals surface area contributed by atoms with Gasteiger partial charge in [0.2, 0.25) is 5.91 Å². The number of urea groups is 1. The Balaban J connectivity index is 2.11. The van der Waals surface area contributed by atoms with Gasteiger partial charge in [-0.05, 0) is 17.7 Å². The smallest absolute Gasteiger partial charge is 0.318 e. The van der Waals surface area contributed by atoms with E-state index in [0.717, 1.165) is 11.3 Å². The summed E-state index contributed by atoms with van der Waals surface area (Å²) in [5, 5.41) is 1.60. The van der Waals surface area contributed by atoms with Gasteiger partial charge in [-0.25, -0.2) is 4.79 Å². The van der Waals surface area contributed by atoms with E-state index in [-0.39, 0.29) is 0 Å². The van der Waals surface area contributed by atoms with Crippen LogP contribution < -0.4 is 11.1 Å². The van der Waals surface area contributed by atoms with Crippen LogP contribution in [0.15, 0.2) is 53.1 Å². The fourth-order valence-corrected chi connectivity index (χ4v) is 2.75. The average Bonchev–Trinajstić information content (AvgIpc) is 2.92. The van der Waals surface area contributed by atoms with Crippen LogP contribution in [0.5, 0.6) is 0 Å². The van der Waals surface area contributed by atoms with Crippen LogP contribution in [0.1, 0.15) is 16.6 Å². The van der Waals surface area contributed by atoms with E-state index in [1.807, 2.05) is 36.4 Å². The molecule has 0 bridgehead atoms. The summed E-state index contributed by atoms with van der Waals surface area (Å²) in [5.74, 6) is 0.863. The van der Waals surface area contributed by atoms with Crippen LogP contribution in [0.4, 0.5) is 4.79 Å². The largest absolute Gasteiger partial charge is 0.468 e. The zero-order valence-electron chi connectivity index (χ0n) is 10.6. The Morgan fingerprint density at radius 2 is 1.95 bits per heavy atom. The Kier molecular flexibility index (Phi) is 4.84. The molecule has 0 aliphatic rings. The molecule has 0 aliphatic carbocycles. The number of benzene rings is 1. The quantitative estimate of drug-likeness (QED) is 0.885. The molecule has 0 radical (unpaired) electrons. The number of carbonyl (C=O) groups excluding carboxylic acids is 2. The van der Waals surface area contributed by atoms with Crippen molar-refractivity contribution >= 4 is 23.7 Å². The normalized spacial score (nSPS) is 11.8. The van der Waals surface area contributed by atoms with Crippen molar-refractivity contribution in [3.63, 3.8) is 0 Å². The zero-order chi connectivity index (χ0) is 14.4. The fraction of sp³-hybridized carbons (Fsp3) is 0.143. The lowest BCUT2D eigenvalue weighted by atomic mass is 10.1. The Hall–Kier alpha value is -2.21. The van der Waals surface area contributed by atoms with E-state index in [1.165, 1.54) is 11.8 Å². The summed E-state index contributed by atoms with van der Waals surface area (Å²) in [6, 6.07) is 12.0. The van der Waals surface area contributed by atoms with E-state index in [4.69, 9.17) is 10.2 Å². The summed E-state index contributed by atoms with van der Waals surface area (Å²) in [7, 11) is 0. The molecule has 0 spiro atoms. The highest BCUT2D eigenvalue weighted by Gasteiger charge is 2.22. The molecule has 0 unspecified atom stereocenters. The highest BCUT2D eigenvalue weighted by molar-refractivity contribution is 7.99. The molecule has 3 N–H and O–H groups in total. The molecule has 2 rings (SSSR count). The van der Waals surface area contributed by atoms with Crippen molar-refractivity contribution < 1.29 is 14.0 Å². The first kappa shape index (κ1) is 14.2. The minimum absolute atomic E-state index is 0.430. The van der Waals surface area contributed by atoms with E-state index in [9.17, 15) is 9.59 Å². The number of primary amides is 1. The third-order valence-electron chi connectivity index (χ3n) is 2.56. The van der Waals surface area contributed by atoms with Gasteiger partial charge in [0.1, 0.15) is 11.0 Å². The molecular weight excluding hydrogens is 276 g/mol. The number of furan rings is 1. The monoisotopic (exact) mass is 290 g/mol. The van der Waals surface area contributed by atoms with Gasteiger partial charge in [0, 0.05) is 0 Å². The van der Waals surface area contributed by atoms with Crippen LogP contribution in [0.2, 0.25) is 0 Å². The average molecular weight is 290 g/mol. The van der Waals surface area contributed by atoms with Crippen LogP contribution >= 0.6 is 11.8 Å². The lowest BCUT2D eigenvalue weighted by molar-refractivity contribution is -0.119. The van der Waals surface area contributed by atoms with Crippen molar-refractivity contribution in [2.75, 3.05) is 0 Å². The molecule has 3 amide bonds. The summed E-state index contributed by atoms with van der Waals surface area (Å²) in [5.41, 5.74) is 5.81. The molecule has 0 saturated carbocycles. The van der Waals surface area contributed by atoms with Crippen molar-refractivity contribution in [1.82, 2.24) is 5.32 Å². The van der Waals surface area contributed by atoms with Crippen molar-refractivity contribution in [2.45, 2.75) is 11.0 Å².